The van der Waals surface area contributed by atoms with Crippen LogP contribution in [0.2, 0.25) is 0 Å². The largest absolute Gasteiger partial charge is 0.469 e. The number of likely N-dealkylation sites (tertiary alicyclic amines) is 1. The van der Waals surface area contributed by atoms with Crippen LogP contribution in [-0.4, -0.2) is 31.1 Å². The van der Waals surface area contributed by atoms with Crippen molar-refractivity contribution in [3.8, 4) is 0 Å². The van der Waals surface area contributed by atoms with E-state index >= 15 is 0 Å². The van der Waals surface area contributed by atoms with Gasteiger partial charge in [-0.05, 0) is 31.9 Å². The van der Waals surface area contributed by atoms with E-state index in [-0.39, 0.29) is 11.9 Å². The van der Waals surface area contributed by atoms with E-state index in [4.69, 9.17) is 4.74 Å². The number of nitrogens with zero attached hydrogens (tertiary/aromatic N) is 1. The second-order valence-corrected chi connectivity index (χ2v) is 5.09. The SMILES string of the molecule is COC(=O)C1CCCN(Cc2cccc(C)c2)C1. The second-order valence-electron chi connectivity index (χ2n) is 5.09. The summed E-state index contributed by atoms with van der Waals surface area (Å²) in [5.74, 6) is -0.0162. The van der Waals surface area contributed by atoms with Gasteiger partial charge < -0.3 is 4.74 Å². The topological polar surface area (TPSA) is 29.5 Å². The van der Waals surface area contributed by atoms with Gasteiger partial charge in [0, 0.05) is 13.1 Å². The Balaban J connectivity index is 1.95. The minimum absolute atomic E-state index is 0.0496. The molecule has 0 amide bonds. The van der Waals surface area contributed by atoms with Crippen molar-refractivity contribution < 1.29 is 9.53 Å². The summed E-state index contributed by atoms with van der Waals surface area (Å²) in [6.07, 6.45) is 2.03. The summed E-state index contributed by atoms with van der Waals surface area (Å²) in [7, 11) is 1.47. The van der Waals surface area contributed by atoms with Crippen molar-refractivity contribution in [1.82, 2.24) is 4.90 Å². The van der Waals surface area contributed by atoms with Crippen LogP contribution in [0.3, 0.4) is 0 Å². The Kier molecular flexibility index (Phi) is 4.37. The highest BCUT2D eigenvalue weighted by Crippen LogP contribution is 2.19. The Bertz CT molecular complexity index is 417. The lowest BCUT2D eigenvalue weighted by atomic mass is 9.97. The van der Waals surface area contributed by atoms with E-state index in [0.29, 0.717) is 0 Å². The molecule has 1 saturated heterocycles. The third-order valence-corrected chi connectivity index (χ3v) is 3.53. The molecule has 0 saturated carbocycles. The van der Waals surface area contributed by atoms with Crippen LogP contribution in [0.5, 0.6) is 0 Å². The zero-order chi connectivity index (χ0) is 13.0. The molecule has 1 fully saturated rings. The number of hydrogen-bond donors (Lipinski definition) is 0. The number of carbonyl (C=O) groups is 1. The van der Waals surface area contributed by atoms with Crippen LogP contribution >= 0.6 is 0 Å². The monoisotopic (exact) mass is 247 g/mol. The summed E-state index contributed by atoms with van der Waals surface area (Å²) >= 11 is 0. The molecule has 3 nitrogen and oxygen atoms in total. The number of carbonyl (C=O) groups excluding carboxylic acids is 1. The molecule has 1 aromatic carbocycles. The average Bonchev–Trinajstić information content (AvgIpc) is 2.38. The molecule has 0 radical (unpaired) electrons. The van der Waals surface area contributed by atoms with Crippen molar-refractivity contribution in [3.05, 3.63) is 35.4 Å². The fourth-order valence-corrected chi connectivity index (χ4v) is 2.63. The number of piperidine rings is 1. The van der Waals surface area contributed by atoms with E-state index in [9.17, 15) is 4.79 Å². The molecule has 0 aromatic heterocycles. The predicted molar refractivity (Wildman–Crippen MR) is 71.2 cm³/mol. The molecule has 2 rings (SSSR count). The molecule has 98 valence electrons. The zero-order valence-corrected chi connectivity index (χ0v) is 11.2. The number of benzene rings is 1. The molecule has 1 aliphatic heterocycles. The quantitative estimate of drug-likeness (QED) is 0.768. The summed E-state index contributed by atoms with van der Waals surface area (Å²) < 4.78 is 4.84. The molecule has 1 atom stereocenters. The number of aryl methyl sites for hydroxylation is 1. The van der Waals surface area contributed by atoms with E-state index in [2.05, 4.69) is 36.1 Å². The Hall–Kier alpha value is -1.35. The minimum atomic E-state index is -0.0658. The molecule has 1 heterocycles. The summed E-state index contributed by atoms with van der Waals surface area (Å²) in [6, 6.07) is 8.56. The normalized spacial score (nSPS) is 20.7. The highest BCUT2D eigenvalue weighted by molar-refractivity contribution is 5.72. The van der Waals surface area contributed by atoms with Crippen LogP contribution in [0, 0.1) is 12.8 Å². The van der Waals surface area contributed by atoms with E-state index in [0.717, 1.165) is 32.5 Å². The highest BCUT2D eigenvalue weighted by atomic mass is 16.5. The van der Waals surface area contributed by atoms with Gasteiger partial charge in [0.1, 0.15) is 0 Å². The van der Waals surface area contributed by atoms with Crippen LogP contribution in [0.25, 0.3) is 0 Å². The van der Waals surface area contributed by atoms with E-state index in [1.165, 1.54) is 18.2 Å². The van der Waals surface area contributed by atoms with Gasteiger partial charge in [0.2, 0.25) is 0 Å². The lowest BCUT2D eigenvalue weighted by Crippen LogP contribution is -2.38. The van der Waals surface area contributed by atoms with Gasteiger partial charge in [-0.25, -0.2) is 0 Å². The molecule has 0 aliphatic carbocycles. The maximum Gasteiger partial charge on any atom is 0.309 e. The van der Waals surface area contributed by atoms with Crippen LogP contribution in [-0.2, 0) is 16.1 Å². The molecule has 0 bridgehead atoms. The third-order valence-electron chi connectivity index (χ3n) is 3.53. The standard InChI is InChI=1S/C15H21NO2/c1-12-5-3-6-13(9-12)10-16-8-4-7-14(11-16)15(17)18-2/h3,5-6,9,14H,4,7-8,10-11H2,1-2H3. The summed E-state index contributed by atoms with van der Waals surface area (Å²) in [5, 5.41) is 0. The first-order valence-corrected chi connectivity index (χ1v) is 6.55. The number of methoxy groups -OCH3 is 1. The number of rotatable bonds is 3. The predicted octanol–water partition coefficient (Wildman–Crippen LogP) is 2.38. The van der Waals surface area contributed by atoms with Crippen molar-refractivity contribution in [3.63, 3.8) is 0 Å². The first-order valence-electron chi connectivity index (χ1n) is 6.55. The van der Waals surface area contributed by atoms with Crippen molar-refractivity contribution in [2.45, 2.75) is 26.3 Å². The highest BCUT2D eigenvalue weighted by Gasteiger charge is 2.26. The minimum Gasteiger partial charge on any atom is -0.469 e. The van der Waals surface area contributed by atoms with E-state index in [1.54, 1.807) is 0 Å². The lowest BCUT2D eigenvalue weighted by Gasteiger charge is -2.31. The number of esters is 1. The molecule has 0 N–H and O–H groups in total. The molecular weight excluding hydrogens is 226 g/mol. The number of ether oxygens (including phenoxy) is 1. The smallest absolute Gasteiger partial charge is 0.309 e. The number of hydrogen-bond acceptors (Lipinski definition) is 3. The van der Waals surface area contributed by atoms with Gasteiger partial charge in [-0.3, -0.25) is 9.69 Å². The van der Waals surface area contributed by atoms with Crippen LogP contribution in [0.15, 0.2) is 24.3 Å². The zero-order valence-electron chi connectivity index (χ0n) is 11.2. The summed E-state index contributed by atoms with van der Waals surface area (Å²) in [6.45, 7) is 4.92. The van der Waals surface area contributed by atoms with Gasteiger partial charge >= 0.3 is 5.97 Å². The fourth-order valence-electron chi connectivity index (χ4n) is 2.63. The maximum absolute atomic E-state index is 11.6. The Morgan fingerprint density at radius 3 is 3.06 bits per heavy atom. The Labute approximate surface area is 109 Å². The molecule has 18 heavy (non-hydrogen) atoms. The van der Waals surface area contributed by atoms with Crippen molar-refractivity contribution in [1.29, 1.82) is 0 Å². The summed E-state index contributed by atoms with van der Waals surface area (Å²) in [5.41, 5.74) is 2.61. The lowest BCUT2D eigenvalue weighted by molar-refractivity contribution is -0.147. The maximum atomic E-state index is 11.6. The molecule has 1 aliphatic rings. The van der Waals surface area contributed by atoms with Gasteiger partial charge in [-0.15, -0.1) is 0 Å². The molecular formula is C15H21NO2. The van der Waals surface area contributed by atoms with Crippen LogP contribution < -0.4 is 0 Å². The van der Waals surface area contributed by atoms with Crippen molar-refractivity contribution >= 4 is 5.97 Å². The Morgan fingerprint density at radius 2 is 2.33 bits per heavy atom. The van der Waals surface area contributed by atoms with Gasteiger partial charge in [-0.2, -0.15) is 0 Å². The van der Waals surface area contributed by atoms with Gasteiger partial charge in [0.15, 0.2) is 0 Å². The van der Waals surface area contributed by atoms with Gasteiger partial charge in [0.25, 0.3) is 0 Å². The van der Waals surface area contributed by atoms with Gasteiger partial charge in [-0.1, -0.05) is 29.8 Å². The van der Waals surface area contributed by atoms with E-state index in [1.807, 2.05) is 0 Å². The first-order chi connectivity index (χ1) is 8.69. The summed E-state index contributed by atoms with van der Waals surface area (Å²) in [4.78, 5) is 13.9. The van der Waals surface area contributed by atoms with Crippen molar-refractivity contribution in [2.75, 3.05) is 20.2 Å². The molecule has 1 aromatic rings. The van der Waals surface area contributed by atoms with Crippen LogP contribution in [0.4, 0.5) is 0 Å². The molecule has 0 spiro atoms. The Morgan fingerprint density at radius 1 is 1.50 bits per heavy atom. The van der Waals surface area contributed by atoms with Gasteiger partial charge in [0.05, 0.1) is 13.0 Å². The van der Waals surface area contributed by atoms with Crippen LogP contribution in [0.1, 0.15) is 24.0 Å². The molecule has 1 unspecified atom stereocenters. The van der Waals surface area contributed by atoms with Crippen molar-refractivity contribution in [2.24, 2.45) is 5.92 Å². The van der Waals surface area contributed by atoms with E-state index < -0.39 is 0 Å². The average molecular weight is 247 g/mol. The fraction of sp³-hybridized carbons (Fsp3) is 0.533. The third kappa shape index (κ3) is 3.33. The molecule has 3 heteroatoms. The first kappa shape index (κ1) is 13.1. The second kappa shape index (κ2) is 6.01.